The van der Waals surface area contributed by atoms with Crippen molar-refractivity contribution >= 4 is 10.8 Å². The van der Waals surface area contributed by atoms with Crippen LogP contribution in [-0.4, -0.2) is 42.4 Å². The van der Waals surface area contributed by atoms with Crippen LogP contribution in [0.25, 0.3) is 10.8 Å². The second kappa shape index (κ2) is 8.76. The minimum Gasteiger partial charge on any atom is -0.491 e. The zero-order chi connectivity index (χ0) is 15.8. The van der Waals surface area contributed by atoms with Gasteiger partial charge in [-0.2, -0.15) is 0 Å². The molecule has 0 aromatic heterocycles. The summed E-state index contributed by atoms with van der Waals surface area (Å²) in [6, 6.07) is 14.3. The normalized spacial score (nSPS) is 12.7. The van der Waals surface area contributed by atoms with E-state index >= 15 is 0 Å². The summed E-state index contributed by atoms with van der Waals surface area (Å²) in [5.41, 5.74) is 0. The van der Waals surface area contributed by atoms with Crippen molar-refractivity contribution in [3.05, 3.63) is 42.5 Å². The van der Waals surface area contributed by atoms with E-state index in [1.165, 1.54) is 5.39 Å². The lowest BCUT2D eigenvalue weighted by Crippen LogP contribution is -2.36. The van der Waals surface area contributed by atoms with E-state index in [2.05, 4.69) is 36.9 Å². The van der Waals surface area contributed by atoms with Crippen molar-refractivity contribution in [1.82, 2.24) is 4.90 Å². The molecule has 0 aliphatic rings. The fourth-order valence-corrected chi connectivity index (χ4v) is 2.73. The summed E-state index contributed by atoms with van der Waals surface area (Å²) in [5.74, 6) is 0.815. The van der Waals surface area contributed by atoms with Crippen molar-refractivity contribution in [2.24, 2.45) is 0 Å². The van der Waals surface area contributed by atoms with Gasteiger partial charge >= 0.3 is 0 Å². The van der Waals surface area contributed by atoms with Crippen LogP contribution in [0.4, 0.5) is 0 Å². The van der Waals surface area contributed by atoms with Crippen LogP contribution in [0.1, 0.15) is 26.7 Å². The summed E-state index contributed by atoms with van der Waals surface area (Å²) in [6.45, 7) is 7.40. The number of ether oxygens (including phenoxy) is 1. The largest absolute Gasteiger partial charge is 0.491 e. The van der Waals surface area contributed by atoms with Gasteiger partial charge in [0.25, 0.3) is 0 Å². The van der Waals surface area contributed by atoms with Crippen molar-refractivity contribution in [1.29, 1.82) is 0 Å². The molecule has 0 bridgehead atoms. The maximum atomic E-state index is 10.2. The summed E-state index contributed by atoms with van der Waals surface area (Å²) >= 11 is 0. The van der Waals surface area contributed by atoms with E-state index in [0.717, 1.165) is 37.1 Å². The van der Waals surface area contributed by atoms with Gasteiger partial charge in [-0.15, -0.1) is 0 Å². The molecule has 3 heteroatoms. The summed E-state index contributed by atoms with van der Waals surface area (Å²) in [6.07, 6.45) is 1.76. The maximum absolute atomic E-state index is 10.2. The van der Waals surface area contributed by atoms with Gasteiger partial charge in [0, 0.05) is 6.54 Å². The summed E-state index contributed by atoms with van der Waals surface area (Å²) < 4.78 is 5.76. The SMILES string of the molecule is CCCN(CCC)C[C@H](O)COc1ccc2ccccc2c1. The predicted octanol–water partition coefficient (Wildman–Crippen LogP) is 3.70. The van der Waals surface area contributed by atoms with Crippen LogP contribution in [-0.2, 0) is 0 Å². The van der Waals surface area contributed by atoms with Crippen molar-refractivity contribution < 1.29 is 9.84 Å². The fourth-order valence-electron chi connectivity index (χ4n) is 2.73. The number of nitrogens with zero attached hydrogens (tertiary/aromatic N) is 1. The molecule has 1 N–H and O–H groups in total. The Morgan fingerprint density at radius 2 is 1.68 bits per heavy atom. The molecule has 3 nitrogen and oxygen atoms in total. The minimum absolute atomic E-state index is 0.336. The van der Waals surface area contributed by atoms with Gasteiger partial charge in [0.1, 0.15) is 18.5 Å². The molecule has 0 saturated carbocycles. The van der Waals surface area contributed by atoms with Crippen LogP contribution in [0.2, 0.25) is 0 Å². The molecule has 0 fully saturated rings. The number of aliphatic hydroxyl groups is 1. The molecule has 0 heterocycles. The lowest BCUT2D eigenvalue weighted by Gasteiger charge is -2.24. The van der Waals surface area contributed by atoms with E-state index < -0.39 is 6.10 Å². The number of hydrogen-bond donors (Lipinski definition) is 1. The number of aliphatic hydroxyl groups excluding tert-OH is 1. The van der Waals surface area contributed by atoms with Gasteiger partial charge in [0.05, 0.1) is 0 Å². The Labute approximate surface area is 133 Å². The average molecular weight is 301 g/mol. The van der Waals surface area contributed by atoms with Gasteiger partial charge in [-0.1, -0.05) is 44.2 Å². The molecule has 0 aliphatic heterocycles. The average Bonchev–Trinajstić information content (AvgIpc) is 2.53. The van der Waals surface area contributed by atoms with Crippen LogP contribution >= 0.6 is 0 Å². The summed E-state index contributed by atoms with van der Waals surface area (Å²) in [7, 11) is 0. The van der Waals surface area contributed by atoms with Crippen molar-refractivity contribution in [2.75, 3.05) is 26.2 Å². The quantitative estimate of drug-likeness (QED) is 0.766. The van der Waals surface area contributed by atoms with Gasteiger partial charge in [-0.05, 0) is 48.8 Å². The highest BCUT2D eigenvalue weighted by Gasteiger charge is 2.11. The topological polar surface area (TPSA) is 32.7 Å². The van der Waals surface area contributed by atoms with Crippen LogP contribution in [0.15, 0.2) is 42.5 Å². The Bertz CT molecular complexity index is 564. The van der Waals surface area contributed by atoms with E-state index in [4.69, 9.17) is 4.74 Å². The molecule has 2 rings (SSSR count). The van der Waals surface area contributed by atoms with Gasteiger partial charge in [-0.25, -0.2) is 0 Å². The van der Waals surface area contributed by atoms with Gasteiger partial charge in [0.15, 0.2) is 0 Å². The van der Waals surface area contributed by atoms with E-state index in [1.54, 1.807) is 0 Å². The monoisotopic (exact) mass is 301 g/mol. The summed E-state index contributed by atoms with van der Waals surface area (Å²) in [4.78, 5) is 2.30. The molecule has 0 spiro atoms. The van der Waals surface area contributed by atoms with Gasteiger partial charge in [0.2, 0.25) is 0 Å². The second-order valence-corrected chi connectivity index (χ2v) is 5.77. The van der Waals surface area contributed by atoms with Crippen molar-refractivity contribution in [3.8, 4) is 5.75 Å². The first-order chi connectivity index (χ1) is 10.7. The molecule has 0 saturated heterocycles. The fraction of sp³-hybridized carbons (Fsp3) is 0.474. The highest BCUT2D eigenvalue weighted by Crippen LogP contribution is 2.20. The lowest BCUT2D eigenvalue weighted by atomic mass is 10.1. The van der Waals surface area contributed by atoms with E-state index in [9.17, 15) is 5.11 Å². The Balaban J connectivity index is 1.87. The third-order valence-corrected chi connectivity index (χ3v) is 3.71. The number of hydrogen-bond acceptors (Lipinski definition) is 3. The molecule has 2 aromatic carbocycles. The van der Waals surface area contributed by atoms with E-state index in [0.29, 0.717) is 13.2 Å². The molecule has 0 radical (unpaired) electrons. The molecule has 0 aliphatic carbocycles. The zero-order valence-corrected chi connectivity index (χ0v) is 13.7. The number of benzene rings is 2. The molecule has 2 aromatic rings. The molecule has 0 amide bonds. The lowest BCUT2D eigenvalue weighted by molar-refractivity contribution is 0.0682. The predicted molar refractivity (Wildman–Crippen MR) is 92.5 cm³/mol. The van der Waals surface area contributed by atoms with E-state index in [1.807, 2.05) is 24.3 Å². The first kappa shape index (κ1) is 16.8. The van der Waals surface area contributed by atoms with Crippen LogP contribution < -0.4 is 4.74 Å². The first-order valence-corrected chi connectivity index (χ1v) is 8.25. The molecule has 120 valence electrons. The molecular formula is C19H27NO2. The summed E-state index contributed by atoms with van der Waals surface area (Å²) in [5, 5.41) is 12.5. The zero-order valence-electron chi connectivity index (χ0n) is 13.7. The highest BCUT2D eigenvalue weighted by molar-refractivity contribution is 5.83. The number of fused-ring (bicyclic) bond motifs is 1. The van der Waals surface area contributed by atoms with Crippen molar-refractivity contribution in [3.63, 3.8) is 0 Å². The van der Waals surface area contributed by atoms with Gasteiger partial charge < -0.3 is 14.7 Å². The van der Waals surface area contributed by atoms with Crippen molar-refractivity contribution in [2.45, 2.75) is 32.8 Å². The third-order valence-electron chi connectivity index (χ3n) is 3.71. The minimum atomic E-state index is -0.454. The Kier molecular flexibility index (Phi) is 6.69. The van der Waals surface area contributed by atoms with Gasteiger partial charge in [-0.3, -0.25) is 0 Å². The Morgan fingerprint density at radius 3 is 2.36 bits per heavy atom. The number of rotatable bonds is 9. The van der Waals surface area contributed by atoms with Crippen LogP contribution in [0.3, 0.4) is 0 Å². The van der Waals surface area contributed by atoms with Crippen LogP contribution in [0.5, 0.6) is 5.75 Å². The molecular weight excluding hydrogens is 274 g/mol. The second-order valence-electron chi connectivity index (χ2n) is 5.77. The highest BCUT2D eigenvalue weighted by atomic mass is 16.5. The maximum Gasteiger partial charge on any atom is 0.120 e. The van der Waals surface area contributed by atoms with E-state index in [-0.39, 0.29) is 0 Å². The van der Waals surface area contributed by atoms with Crippen LogP contribution in [0, 0.1) is 0 Å². The molecule has 0 unspecified atom stereocenters. The third kappa shape index (κ3) is 5.00. The molecule has 22 heavy (non-hydrogen) atoms. The Hall–Kier alpha value is -1.58. The smallest absolute Gasteiger partial charge is 0.120 e. The Morgan fingerprint density at radius 1 is 1.00 bits per heavy atom. The molecule has 1 atom stereocenters. The first-order valence-electron chi connectivity index (χ1n) is 8.25. The standard InChI is InChI=1S/C19H27NO2/c1-3-11-20(12-4-2)14-18(21)15-22-19-10-9-16-7-5-6-8-17(16)13-19/h5-10,13,18,21H,3-4,11-12,14-15H2,1-2H3/t18-/m0/s1.